The molecule has 130 valence electrons. The van der Waals surface area contributed by atoms with Crippen LogP contribution in [0.2, 0.25) is 0 Å². The number of nitrogens with one attached hydrogen (secondary N) is 1. The van der Waals surface area contributed by atoms with Crippen molar-refractivity contribution in [3.63, 3.8) is 0 Å². The van der Waals surface area contributed by atoms with E-state index in [2.05, 4.69) is 10.3 Å². The second kappa shape index (κ2) is 7.33. The maximum atomic E-state index is 13.8. The van der Waals surface area contributed by atoms with Crippen molar-refractivity contribution in [2.75, 3.05) is 0 Å². The SMILES string of the molecule is Fc1ccccc1-c1cnc(CNCc2cccc(C(F)(F)F)c2)s1. The topological polar surface area (TPSA) is 24.9 Å². The Bertz CT molecular complexity index is 858. The minimum atomic E-state index is -4.35. The summed E-state index contributed by atoms with van der Waals surface area (Å²) in [4.78, 5) is 4.95. The first kappa shape index (κ1) is 17.6. The lowest BCUT2D eigenvalue weighted by atomic mass is 10.1. The monoisotopic (exact) mass is 366 g/mol. The zero-order chi connectivity index (χ0) is 17.9. The fourth-order valence-electron chi connectivity index (χ4n) is 2.35. The van der Waals surface area contributed by atoms with Gasteiger partial charge in [0.25, 0.3) is 0 Å². The van der Waals surface area contributed by atoms with Gasteiger partial charge in [0, 0.05) is 24.8 Å². The van der Waals surface area contributed by atoms with Gasteiger partial charge in [0.15, 0.2) is 0 Å². The van der Waals surface area contributed by atoms with Gasteiger partial charge in [0.2, 0.25) is 0 Å². The fourth-order valence-corrected chi connectivity index (χ4v) is 3.26. The lowest BCUT2D eigenvalue weighted by molar-refractivity contribution is -0.137. The standard InChI is InChI=1S/C18H14F4N2S/c19-15-7-2-1-6-14(15)16-10-24-17(25-16)11-23-9-12-4-3-5-13(8-12)18(20,21)22/h1-8,10,23H,9,11H2. The normalized spacial score (nSPS) is 11.7. The molecule has 2 nitrogen and oxygen atoms in total. The Morgan fingerprint density at radius 3 is 2.56 bits per heavy atom. The van der Waals surface area contributed by atoms with E-state index in [1.54, 1.807) is 30.5 Å². The highest BCUT2D eigenvalue weighted by Crippen LogP contribution is 2.30. The van der Waals surface area contributed by atoms with Crippen molar-refractivity contribution in [3.05, 3.63) is 76.7 Å². The quantitative estimate of drug-likeness (QED) is 0.623. The summed E-state index contributed by atoms with van der Waals surface area (Å²) in [5.41, 5.74) is 0.368. The van der Waals surface area contributed by atoms with E-state index < -0.39 is 11.7 Å². The van der Waals surface area contributed by atoms with E-state index in [9.17, 15) is 17.6 Å². The minimum Gasteiger partial charge on any atom is -0.306 e. The lowest BCUT2D eigenvalue weighted by Crippen LogP contribution is -2.13. The number of halogens is 4. The first-order valence-electron chi connectivity index (χ1n) is 7.50. The maximum absolute atomic E-state index is 13.8. The fraction of sp³-hybridized carbons (Fsp3) is 0.167. The predicted octanol–water partition coefficient (Wildman–Crippen LogP) is 5.26. The molecule has 0 saturated heterocycles. The third-order valence-electron chi connectivity index (χ3n) is 3.55. The molecule has 0 aliphatic rings. The van der Waals surface area contributed by atoms with Gasteiger partial charge < -0.3 is 5.32 Å². The molecule has 0 aliphatic heterocycles. The molecule has 0 fully saturated rings. The van der Waals surface area contributed by atoms with Gasteiger partial charge in [0.1, 0.15) is 10.8 Å². The summed E-state index contributed by atoms with van der Waals surface area (Å²) in [7, 11) is 0. The second-order valence-electron chi connectivity index (χ2n) is 5.40. The van der Waals surface area contributed by atoms with Gasteiger partial charge in [-0.25, -0.2) is 9.37 Å². The summed E-state index contributed by atoms with van der Waals surface area (Å²) in [6.45, 7) is 0.688. The third kappa shape index (κ3) is 4.43. The van der Waals surface area contributed by atoms with Crippen LogP contribution in [0.5, 0.6) is 0 Å². The number of rotatable bonds is 5. The smallest absolute Gasteiger partial charge is 0.306 e. The number of thiazole rings is 1. The van der Waals surface area contributed by atoms with Crippen molar-refractivity contribution < 1.29 is 17.6 Å². The van der Waals surface area contributed by atoms with Gasteiger partial charge in [-0.05, 0) is 17.7 Å². The van der Waals surface area contributed by atoms with Gasteiger partial charge in [-0.15, -0.1) is 11.3 Å². The van der Waals surface area contributed by atoms with E-state index in [0.29, 0.717) is 29.1 Å². The number of hydrogen-bond acceptors (Lipinski definition) is 3. The molecule has 1 heterocycles. The Morgan fingerprint density at radius 2 is 1.80 bits per heavy atom. The number of hydrogen-bond donors (Lipinski definition) is 1. The third-order valence-corrected chi connectivity index (χ3v) is 4.58. The van der Waals surface area contributed by atoms with E-state index in [1.165, 1.54) is 23.5 Å². The van der Waals surface area contributed by atoms with Crippen molar-refractivity contribution in [2.24, 2.45) is 0 Å². The van der Waals surface area contributed by atoms with Crippen molar-refractivity contribution in [3.8, 4) is 10.4 Å². The second-order valence-corrected chi connectivity index (χ2v) is 6.51. The molecule has 1 aromatic heterocycles. The Kier molecular flexibility index (Phi) is 5.15. The van der Waals surface area contributed by atoms with Crippen LogP contribution in [0.3, 0.4) is 0 Å². The van der Waals surface area contributed by atoms with E-state index in [-0.39, 0.29) is 5.82 Å². The number of aromatic nitrogens is 1. The Labute approximate surface area is 146 Å². The van der Waals surface area contributed by atoms with Crippen molar-refractivity contribution in [1.82, 2.24) is 10.3 Å². The van der Waals surface area contributed by atoms with Gasteiger partial charge in [-0.3, -0.25) is 0 Å². The first-order valence-corrected chi connectivity index (χ1v) is 8.31. The zero-order valence-corrected chi connectivity index (χ0v) is 13.8. The highest BCUT2D eigenvalue weighted by Gasteiger charge is 2.30. The highest BCUT2D eigenvalue weighted by molar-refractivity contribution is 7.15. The average molecular weight is 366 g/mol. The van der Waals surface area contributed by atoms with Crippen molar-refractivity contribution in [1.29, 1.82) is 0 Å². The maximum Gasteiger partial charge on any atom is 0.416 e. The van der Waals surface area contributed by atoms with Gasteiger partial charge in [-0.1, -0.05) is 36.4 Å². The van der Waals surface area contributed by atoms with Crippen LogP contribution in [0.1, 0.15) is 16.1 Å². The minimum absolute atomic E-state index is 0.290. The molecule has 2 aromatic carbocycles. The van der Waals surface area contributed by atoms with Crippen LogP contribution in [0.4, 0.5) is 17.6 Å². The van der Waals surface area contributed by atoms with Crippen molar-refractivity contribution >= 4 is 11.3 Å². The molecule has 25 heavy (non-hydrogen) atoms. The molecule has 0 amide bonds. The lowest BCUT2D eigenvalue weighted by Gasteiger charge is -2.09. The van der Waals surface area contributed by atoms with E-state index in [1.807, 2.05) is 0 Å². The molecule has 0 spiro atoms. The molecule has 0 unspecified atom stereocenters. The molecule has 0 atom stereocenters. The van der Waals surface area contributed by atoms with E-state index >= 15 is 0 Å². The van der Waals surface area contributed by atoms with Crippen LogP contribution in [0, 0.1) is 5.82 Å². The van der Waals surface area contributed by atoms with Crippen LogP contribution in [-0.2, 0) is 19.3 Å². The van der Waals surface area contributed by atoms with E-state index in [0.717, 1.165) is 17.1 Å². The number of nitrogens with zero attached hydrogens (tertiary/aromatic N) is 1. The molecular weight excluding hydrogens is 352 g/mol. The van der Waals surface area contributed by atoms with Crippen molar-refractivity contribution in [2.45, 2.75) is 19.3 Å². The first-order chi connectivity index (χ1) is 11.9. The molecule has 0 aliphatic carbocycles. The van der Waals surface area contributed by atoms with Gasteiger partial charge in [0.05, 0.1) is 10.4 Å². The van der Waals surface area contributed by atoms with Gasteiger partial charge in [-0.2, -0.15) is 13.2 Å². The summed E-state index contributed by atoms with van der Waals surface area (Å²) >= 11 is 1.35. The van der Waals surface area contributed by atoms with Crippen LogP contribution >= 0.6 is 11.3 Å². The Morgan fingerprint density at radius 1 is 1.00 bits per heavy atom. The summed E-state index contributed by atoms with van der Waals surface area (Å²) in [5.74, 6) is -0.311. The Hall–Kier alpha value is -2.25. The molecule has 3 rings (SSSR count). The zero-order valence-electron chi connectivity index (χ0n) is 13.0. The van der Waals surface area contributed by atoms with Crippen LogP contribution < -0.4 is 5.32 Å². The molecule has 1 N–H and O–H groups in total. The molecule has 3 aromatic rings. The van der Waals surface area contributed by atoms with Gasteiger partial charge >= 0.3 is 6.18 Å². The largest absolute Gasteiger partial charge is 0.416 e. The van der Waals surface area contributed by atoms with Crippen LogP contribution in [0.15, 0.2) is 54.7 Å². The summed E-state index contributed by atoms with van der Waals surface area (Å²) in [6, 6.07) is 11.6. The Balaban J connectivity index is 1.61. The number of benzene rings is 2. The van der Waals surface area contributed by atoms with Crippen LogP contribution in [-0.4, -0.2) is 4.98 Å². The molecular formula is C18H14F4N2S. The van der Waals surface area contributed by atoms with Crippen LogP contribution in [0.25, 0.3) is 10.4 Å². The molecule has 0 radical (unpaired) electrons. The summed E-state index contributed by atoms with van der Waals surface area (Å²) in [5, 5.41) is 3.80. The highest BCUT2D eigenvalue weighted by atomic mass is 32.1. The molecule has 0 bridgehead atoms. The predicted molar refractivity (Wildman–Crippen MR) is 89.5 cm³/mol. The molecule has 0 saturated carbocycles. The summed E-state index contributed by atoms with van der Waals surface area (Å²) < 4.78 is 51.8. The average Bonchev–Trinajstić information content (AvgIpc) is 3.03. The summed E-state index contributed by atoms with van der Waals surface area (Å²) in [6.07, 6.45) is -2.75. The van der Waals surface area contributed by atoms with E-state index in [4.69, 9.17) is 0 Å². The molecule has 7 heteroatoms. The number of alkyl halides is 3.